The van der Waals surface area contributed by atoms with Crippen molar-refractivity contribution < 1.29 is 9.13 Å². The Morgan fingerprint density at radius 2 is 2.06 bits per heavy atom. The first-order valence-corrected chi connectivity index (χ1v) is 6.18. The summed E-state index contributed by atoms with van der Waals surface area (Å²) in [7, 11) is 0. The van der Waals surface area contributed by atoms with Crippen molar-refractivity contribution >= 4 is 0 Å². The minimum absolute atomic E-state index is 0.128. The third-order valence-electron chi connectivity index (χ3n) is 4.59. The summed E-state index contributed by atoms with van der Waals surface area (Å²) in [5, 5.41) is 0. The lowest BCUT2D eigenvalue weighted by Gasteiger charge is -2.43. The topological polar surface area (TPSA) is 35.2 Å². The highest BCUT2D eigenvalue weighted by Gasteiger charge is 2.57. The van der Waals surface area contributed by atoms with Gasteiger partial charge in [-0.3, -0.25) is 0 Å². The van der Waals surface area contributed by atoms with Gasteiger partial charge in [0.2, 0.25) is 0 Å². The van der Waals surface area contributed by atoms with Crippen LogP contribution in [0.5, 0.6) is 5.75 Å². The summed E-state index contributed by atoms with van der Waals surface area (Å²) in [6, 6.07) is 4.51. The molecule has 2 N–H and O–H groups in total. The molecule has 1 unspecified atom stereocenters. The van der Waals surface area contributed by atoms with Crippen molar-refractivity contribution in [1.82, 2.24) is 0 Å². The van der Waals surface area contributed by atoms with E-state index in [2.05, 4.69) is 13.8 Å². The Labute approximate surface area is 101 Å². The van der Waals surface area contributed by atoms with Gasteiger partial charge in [-0.15, -0.1) is 0 Å². The molecule has 0 spiro atoms. The molecule has 17 heavy (non-hydrogen) atoms. The van der Waals surface area contributed by atoms with Crippen molar-refractivity contribution in [2.45, 2.75) is 44.8 Å². The van der Waals surface area contributed by atoms with Crippen LogP contribution < -0.4 is 10.5 Å². The Kier molecular flexibility index (Phi) is 2.09. The van der Waals surface area contributed by atoms with Crippen LogP contribution in [0.3, 0.4) is 0 Å². The Bertz CT molecular complexity index is 469. The number of nitrogens with two attached hydrogens (primary N) is 1. The van der Waals surface area contributed by atoms with Crippen LogP contribution in [0.4, 0.5) is 4.39 Å². The zero-order valence-corrected chi connectivity index (χ0v) is 10.3. The Morgan fingerprint density at radius 3 is 2.71 bits per heavy atom. The number of rotatable bonds is 1. The molecule has 2 aliphatic rings. The second-order valence-corrected chi connectivity index (χ2v) is 5.89. The molecule has 2 nitrogen and oxygen atoms in total. The molecule has 92 valence electrons. The van der Waals surface area contributed by atoms with Gasteiger partial charge in [0, 0.05) is 23.4 Å². The van der Waals surface area contributed by atoms with E-state index in [1.54, 1.807) is 6.07 Å². The zero-order chi connectivity index (χ0) is 12.3. The predicted octanol–water partition coefficient (Wildman–Crippen LogP) is 3.17. The maximum Gasteiger partial charge on any atom is 0.125 e. The molecule has 1 saturated carbocycles. The fraction of sp³-hybridized carbons (Fsp3) is 0.571. The molecule has 1 fully saturated rings. The first-order valence-electron chi connectivity index (χ1n) is 6.18. The first kappa shape index (κ1) is 11.0. The van der Waals surface area contributed by atoms with Gasteiger partial charge in [0.15, 0.2) is 0 Å². The average Bonchev–Trinajstić information content (AvgIpc) is 3.00. The molecular weight excluding hydrogens is 217 g/mol. The summed E-state index contributed by atoms with van der Waals surface area (Å²) in [6.07, 6.45) is 3.14. The van der Waals surface area contributed by atoms with E-state index in [4.69, 9.17) is 10.5 Å². The van der Waals surface area contributed by atoms with Gasteiger partial charge in [0.25, 0.3) is 0 Å². The van der Waals surface area contributed by atoms with Gasteiger partial charge in [-0.25, -0.2) is 4.39 Å². The van der Waals surface area contributed by atoms with E-state index in [0.717, 1.165) is 17.7 Å². The highest BCUT2D eigenvalue weighted by molar-refractivity contribution is 5.40. The monoisotopic (exact) mass is 235 g/mol. The van der Waals surface area contributed by atoms with E-state index in [0.29, 0.717) is 0 Å². The van der Waals surface area contributed by atoms with Gasteiger partial charge in [0.1, 0.15) is 17.2 Å². The van der Waals surface area contributed by atoms with Crippen LogP contribution in [0.15, 0.2) is 18.2 Å². The van der Waals surface area contributed by atoms with Crippen molar-refractivity contribution in [2.24, 2.45) is 11.1 Å². The lowest BCUT2D eigenvalue weighted by molar-refractivity contribution is -0.00908. The number of hydrogen-bond donors (Lipinski definition) is 1. The van der Waals surface area contributed by atoms with Gasteiger partial charge in [-0.1, -0.05) is 6.92 Å². The maximum absolute atomic E-state index is 13.2. The molecule has 0 amide bonds. The highest BCUT2D eigenvalue weighted by atomic mass is 19.1. The van der Waals surface area contributed by atoms with Crippen molar-refractivity contribution in [3.63, 3.8) is 0 Å². The van der Waals surface area contributed by atoms with E-state index in [1.807, 2.05) is 0 Å². The lowest BCUT2D eigenvalue weighted by Crippen LogP contribution is -2.46. The number of halogens is 1. The molecule has 0 saturated heterocycles. The molecule has 2 atom stereocenters. The van der Waals surface area contributed by atoms with Crippen molar-refractivity contribution in [3.05, 3.63) is 29.6 Å². The third kappa shape index (κ3) is 1.56. The van der Waals surface area contributed by atoms with Crippen LogP contribution in [-0.4, -0.2) is 5.60 Å². The second-order valence-electron chi connectivity index (χ2n) is 5.89. The predicted molar refractivity (Wildman–Crippen MR) is 64.3 cm³/mol. The smallest absolute Gasteiger partial charge is 0.125 e. The summed E-state index contributed by atoms with van der Waals surface area (Å²) < 4.78 is 19.3. The average molecular weight is 235 g/mol. The Balaban J connectivity index is 2.01. The van der Waals surface area contributed by atoms with Crippen LogP contribution in [0.25, 0.3) is 0 Å². The maximum atomic E-state index is 13.2. The minimum Gasteiger partial charge on any atom is -0.487 e. The molecule has 0 radical (unpaired) electrons. The third-order valence-corrected chi connectivity index (χ3v) is 4.59. The molecular formula is C14H18FNO. The summed E-state index contributed by atoms with van der Waals surface area (Å²) in [4.78, 5) is 0. The van der Waals surface area contributed by atoms with Gasteiger partial charge in [0.05, 0.1) is 0 Å². The standard InChI is InChI=1S/C14H18FNO/c1-13(5-6-13)14(2)8-11(16)10-7-9(15)3-4-12(10)17-14/h3-4,7,11H,5-6,8,16H2,1-2H3/t11-,14?/m0/s1. The number of fused-ring (bicyclic) bond motifs is 1. The normalized spacial score (nSPS) is 33.8. The van der Waals surface area contributed by atoms with E-state index >= 15 is 0 Å². The van der Waals surface area contributed by atoms with Crippen molar-refractivity contribution in [2.75, 3.05) is 0 Å². The SMILES string of the molecule is CC1(C2(C)C[C@H](N)c3cc(F)ccc3O2)CC1. The molecule has 0 bridgehead atoms. The fourth-order valence-electron chi connectivity index (χ4n) is 2.80. The number of benzene rings is 1. The first-order chi connectivity index (χ1) is 7.94. The highest BCUT2D eigenvalue weighted by Crippen LogP contribution is 2.59. The van der Waals surface area contributed by atoms with Crippen molar-refractivity contribution in [3.8, 4) is 5.75 Å². The van der Waals surface area contributed by atoms with Crippen LogP contribution >= 0.6 is 0 Å². The summed E-state index contributed by atoms with van der Waals surface area (Å²) >= 11 is 0. The summed E-state index contributed by atoms with van der Waals surface area (Å²) in [5.41, 5.74) is 6.99. The second kappa shape index (κ2) is 3.22. The number of hydrogen-bond acceptors (Lipinski definition) is 2. The van der Waals surface area contributed by atoms with Gasteiger partial charge in [-0.05, 0) is 38.0 Å². The molecule has 3 rings (SSSR count). The van der Waals surface area contributed by atoms with Crippen LogP contribution in [0.1, 0.15) is 44.7 Å². The van der Waals surface area contributed by atoms with Gasteiger partial charge >= 0.3 is 0 Å². The fourth-order valence-corrected chi connectivity index (χ4v) is 2.80. The Morgan fingerprint density at radius 1 is 1.35 bits per heavy atom. The van der Waals surface area contributed by atoms with Crippen LogP contribution in [0, 0.1) is 11.2 Å². The summed E-state index contributed by atoms with van der Waals surface area (Å²) in [6.45, 7) is 4.38. The van der Waals surface area contributed by atoms with E-state index < -0.39 is 0 Å². The molecule has 3 heteroatoms. The van der Waals surface area contributed by atoms with Crippen LogP contribution in [-0.2, 0) is 0 Å². The molecule has 1 heterocycles. The lowest BCUT2D eigenvalue weighted by atomic mass is 9.78. The molecule has 1 aromatic carbocycles. The number of ether oxygens (including phenoxy) is 1. The van der Waals surface area contributed by atoms with E-state index in [-0.39, 0.29) is 22.9 Å². The van der Waals surface area contributed by atoms with E-state index in [1.165, 1.54) is 25.0 Å². The molecule has 1 aliphatic heterocycles. The quantitative estimate of drug-likeness (QED) is 0.811. The van der Waals surface area contributed by atoms with Gasteiger partial charge < -0.3 is 10.5 Å². The van der Waals surface area contributed by atoms with Crippen molar-refractivity contribution in [1.29, 1.82) is 0 Å². The zero-order valence-electron chi connectivity index (χ0n) is 10.3. The molecule has 0 aromatic heterocycles. The van der Waals surface area contributed by atoms with Crippen LogP contribution in [0.2, 0.25) is 0 Å². The molecule has 1 aromatic rings. The van der Waals surface area contributed by atoms with Gasteiger partial charge in [-0.2, -0.15) is 0 Å². The largest absolute Gasteiger partial charge is 0.487 e. The van der Waals surface area contributed by atoms with E-state index in [9.17, 15) is 4.39 Å². The Hall–Kier alpha value is -1.09. The minimum atomic E-state index is -0.246. The summed E-state index contributed by atoms with van der Waals surface area (Å²) in [5.74, 6) is 0.504. The molecule has 1 aliphatic carbocycles.